The second kappa shape index (κ2) is 9.77. The van der Waals surface area contributed by atoms with Crippen LogP contribution in [0.4, 0.5) is 0 Å². The van der Waals surface area contributed by atoms with Gasteiger partial charge >= 0.3 is 0 Å². The maximum atomic E-state index is 3.38. The fraction of sp³-hybridized carbons (Fsp3) is 0.133. The van der Waals surface area contributed by atoms with Gasteiger partial charge in [-0.15, -0.1) is 6.58 Å². The van der Waals surface area contributed by atoms with Gasteiger partial charge in [-0.2, -0.15) is 0 Å². The lowest BCUT2D eigenvalue weighted by Crippen LogP contribution is -1.88. The molecule has 0 bridgehead atoms. The summed E-state index contributed by atoms with van der Waals surface area (Å²) in [7, 11) is 0. The molecule has 5 aromatic rings. The molecule has 0 aliphatic carbocycles. The second-order valence-corrected chi connectivity index (χ2v) is 6.94. The van der Waals surface area contributed by atoms with Crippen molar-refractivity contribution in [3.63, 3.8) is 0 Å². The molecule has 0 saturated carbocycles. The first-order valence-electron chi connectivity index (χ1n) is 10.5. The molecule has 0 nitrogen and oxygen atoms in total. The molecule has 0 unspecified atom stereocenters. The Morgan fingerprint density at radius 1 is 0.667 bits per heavy atom. The van der Waals surface area contributed by atoms with Gasteiger partial charge in [0, 0.05) is 11.1 Å². The van der Waals surface area contributed by atoms with E-state index >= 15 is 0 Å². The van der Waals surface area contributed by atoms with Gasteiger partial charge in [0.25, 0.3) is 0 Å². The molecule has 0 aliphatic heterocycles. The first kappa shape index (κ1) is 21.2. The van der Waals surface area contributed by atoms with Gasteiger partial charge in [0.05, 0.1) is 0 Å². The van der Waals surface area contributed by atoms with Gasteiger partial charge in [0.15, 0.2) is 0 Å². The summed E-state index contributed by atoms with van der Waals surface area (Å²) in [5.74, 6) is 6.68. The quantitative estimate of drug-likeness (QED) is 0.142. The number of rotatable bonds is 0. The highest BCUT2D eigenvalue weighted by atomic mass is 14.1. The average molecular weight is 389 g/mol. The van der Waals surface area contributed by atoms with Crippen LogP contribution in [0.1, 0.15) is 37.5 Å². The molecule has 0 heterocycles. The monoisotopic (exact) mass is 388 g/mol. The van der Waals surface area contributed by atoms with Crippen LogP contribution in [0.3, 0.4) is 0 Å². The molecule has 0 fully saturated rings. The largest absolute Gasteiger partial charge is 0.103 e. The predicted octanol–water partition coefficient (Wildman–Crippen LogP) is 8.51. The minimum atomic E-state index is 1.05. The average Bonchev–Trinajstić information content (AvgIpc) is 2.80. The number of benzene rings is 5. The highest BCUT2D eigenvalue weighted by Crippen LogP contribution is 2.36. The zero-order chi connectivity index (χ0) is 21.5. The van der Waals surface area contributed by atoms with E-state index in [1.165, 1.54) is 37.9 Å². The maximum absolute atomic E-state index is 3.38. The summed E-state index contributed by atoms with van der Waals surface area (Å²) in [6.45, 7) is 11.4. The van der Waals surface area contributed by atoms with E-state index < -0.39 is 0 Å². The van der Waals surface area contributed by atoms with Crippen LogP contribution < -0.4 is 0 Å². The standard InChI is InChI=1S/C25H16.C3H6.C2H6/c1-17-7-9-20-14-16-23-19(10-8-18-5-3-2-4-6-18)11-12-21-13-15-22(17)24(20)25(21)23;1-3-2;1-2/h2-7,9,11-16H,1H3;3H,1H2,2H3;1-2H3. The third-order valence-electron chi connectivity index (χ3n) is 5.00. The van der Waals surface area contributed by atoms with E-state index in [0.717, 1.165) is 11.1 Å². The SMILES string of the molecule is C=CC.CC.Cc1ccc2ccc3c(C#Cc4ccccc4)ccc4ccc1c2c43. The number of allylic oxidation sites excluding steroid dienone is 1. The third-order valence-corrected chi connectivity index (χ3v) is 5.00. The third kappa shape index (κ3) is 4.07. The van der Waals surface area contributed by atoms with Crippen LogP contribution in [-0.2, 0) is 0 Å². The smallest absolute Gasteiger partial charge is 0.0328 e. The molecule has 0 aliphatic rings. The summed E-state index contributed by atoms with van der Waals surface area (Å²) < 4.78 is 0. The summed E-state index contributed by atoms with van der Waals surface area (Å²) in [6.07, 6.45) is 1.75. The van der Waals surface area contributed by atoms with E-state index in [-0.39, 0.29) is 0 Å². The minimum Gasteiger partial charge on any atom is -0.103 e. The first-order chi connectivity index (χ1) is 14.7. The lowest BCUT2D eigenvalue weighted by atomic mass is 9.90. The number of hydrogen-bond acceptors (Lipinski definition) is 0. The van der Waals surface area contributed by atoms with E-state index in [1.807, 2.05) is 51.1 Å². The number of aryl methyl sites for hydroxylation is 1. The first-order valence-corrected chi connectivity index (χ1v) is 10.5. The Morgan fingerprint density at radius 2 is 1.20 bits per heavy atom. The van der Waals surface area contributed by atoms with E-state index in [4.69, 9.17) is 0 Å². The minimum absolute atomic E-state index is 1.05. The van der Waals surface area contributed by atoms with Crippen LogP contribution >= 0.6 is 0 Å². The molecule has 0 N–H and O–H groups in total. The van der Waals surface area contributed by atoms with E-state index in [0.29, 0.717) is 0 Å². The molecule has 0 amide bonds. The molecule has 5 rings (SSSR count). The highest BCUT2D eigenvalue weighted by Gasteiger charge is 2.11. The normalized spacial score (nSPS) is 9.87. The van der Waals surface area contributed by atoms with Crippen molar-refractivity contribution in [2.24, 2.45) is 0 Å². The Kier molecular flexibility index (Phi) is 6.89. The van der Waals surface area contributed by atoms with E-state index in [9.17, 15) is 0 Å². The molecule has 148 valence electrons. The molecule has 0 heteroatoms. The fourth-order valence-corrected chi connectivity index (χ4v) is 3.72. The molecule has 5 aromatic carbocycles. The molecule has 0 spiro atoms. The highest BCUT2D eigenvalue weighted by molar-refractivity contribution is 6.24. The molecular formula is C30H28. The summed E-state index contributed by atoms with van der Waals surface area (Å²) in [4.78, 5) is 0. The van der Waals surface area contributed by atoms with Crippen molar-refractivity contribution in [1.29, 1.82) is 0 Å². The maximum Gasteiger partial charge on any atom is 0.0328 e. The van der Waals surface area contributed by atoms with Crippen molar-refractivity contribution in [2.45, 2.75) is 27.7 Å². The van der Waals surface area contributed by atoms with Crippen molar-refractivity contribution in [3.8, 4) is 11.8 Å². The van der Waals surface area contributed by atoms with E-state index in [1.54, 1.807) is 6.08 Å². The van der Waals surface area contributed by atoms with E-state index in [2.05, 4.69) is 73.9 Å². The molecule has 0 aromatic heterocycles. The summed E-state index contributed by atoms with van der Waals surface area (Å²) in [5, 5.41) is 7.85. The van der Waals surface area contributed by atoms with Crippen LogP contribution in [0.25, 0.3) is 32.3 Å². The summed E-state index contributed by atoms with van der Waals surface area (Å²) in [5.41, 5.74) is 3.46. The second-order valence-electron chi connectivity index (χ2n) is 6.94. The van der Waals surface area contributed by atoms with Gasteiger partial charge in [0.2, 0.25) is 0 Å². The van der Waals surface area contributed by atoms with Gasteiger partial charge in [0.1, 0.15) is 0 Å². The summed E-state index contributed by atoms with van der Waals surface area (Å²) >= 11 is 0. The van der Waals surface area contributed by atoms with Crippen LogP contribution in [0.2, 0.25) is 0 Å². The topological polar surface area (TPSA) is 0 Å². The molecule has 30 heavy (non-hydrogen) atoms. The molecule has 0 saturated heterocycles. The van der Waals surface area contributed by atoms with Crippen LogP contribution in [0.5, 0.6) is 0 Å². The van der Waals surface area contributed by atoms with Gasteiger partial charge < -0.3 is 0 Å². The van der Waals surface area contributed by atoms with Crippen molar-refractivity contribution in [1.82, 2.24) is 0 Å². The number of hydrogen-bond donors (Lipinski definition) is 0. The molecule has 0 radical (unpaired) electrons. The van der Waals surface area contributed by atoms with Crippen LogP contribution in [0.15, 0.2) is 91.5 Å². The van der Waals surface area contributed by atoms with Crippen molar-refractivity contribution < 1.29 is 0 Å². The van der Waals surface area contributed by atoms with Crippen LogP contribution in [-0.4, -0.2) is 0 Å². The molecular weight excluding hydrogens is 360 g/mol. The summed E-state index contributed by atoms with van der Waals surface area (Å²) in [6, 6.07) is 27.8. The van der Waals surface area contributed by atoms with Crippen molar-refractivity contribution in [3.05, 3.63) is 108 Å². The Labute approximate surface area is 180 Å². The van der Waals surface area contributed by atoms with Gasteiger partial charge in [-0.25, -0.2) is 0 Å². The van der Waals surface area contributed by atoms with Gasteiger partial charge in [-0.05, 0) is 69.9 Å². The Balaban J connectivity index is 0.000000473. The fourth-order valence-electron chi connectivity index (χ4n) is 3.72. The zero-order valence-electron chi connectivity index (χ0n) is 18.3. The van der Waals surface area contributed by atoms with Crippen molar-refractivity contribution >= 4 is 32.3 Å². The lowest BCUT2D eigenvalue weighted by molar-refractivity contribution is 1.50. The Bertz CT molecular complexity index is 1330. The Hall–Kier alpha value is -3.56. The van der Waals surface area contributed by atoms with Gasteiger partial charge in [-0.1, -0.05) is 92.4 Å². The van der Waals surface area contributed by atoms with Crippen molar-refractivity contribution in [2.75, 3.05) is 0 Å². The molecule has 0 atom stereocenters. The zero-order valence-corrected chi connectivity index (χ0v) is 18.3. The van der Waals surface area contributed by atoms with Gasteiger partial charge in [-0.3, -0.25) is 0 Å². The predicted molar refractivity (Wildman–Crippen MR) is 135 cm³/mol. The Morgan fingerprint density at radius 3 is 1.87 bits per heavy atom. The van der Waals surface area contributed by atoms with Crippen LogP contribution in [0, 0.1) is 18.8 Å². The lowest BCUT2D eigenvalue weighted by Gasteiger charge is -2.13.